The summed E-state index contributed by atoms with van der Waals surface area (Å²) in [7, 11) is 0. The van der Waals surface area contributed by atoms with E-state index in [1.54, 1.807) is 0 Å². The molecule has 80 valence electrons. The number of aryl methyl sites for hydroxylation is 1. The second kappa shape index (κ2) is 4.49. The van der Waals surface area contributed by atoms with Crippen LogP contribution in [0.1, 0.15) is 11.1 Å². The van der Waals surface area contributed by atoms with Gasteiger partial charge in [0.25, 0.3) is 0 Å². The predicted octanol–water partition coefficient (Wildman–Crippen LogP) is 2.05. The van der Waals surface area contributed by atoms with Crippen LogP contribution < -0.4 is 10.2 Å². The first-order valence-corrected chi connectivity index (χ1v) is 5.50. The van der Waals surface area contributed by atoms with Gasteiger partial charge in [0, 0.05) is 37.4 Å². The average molecular weight is 202 g/mol. The summed E-state index contributed by atoms with van der Waals surface area (Å²) in [4.78, 5) is 2.43. The smallest absolute Gasteiger partial charge is 0.0443 e. The number of anilines is 1. The third-order valence-electron chi connectivity index (χ3n) is 2.96. The molecule has 0 spiro atoms. The van der Waals surface area contributed by atoms with E-state index in [4.69, 9.17) is 0 Å². The molecule has 0 atom stereocenters. The van der Waals surface area contributed by atoms with E-state index in [9.17, 15) is 0 Å². The number of nitrogens with zero attached hydrogens (tertiary/aromatic N) is 1. The molecule has 1 saturated heterocycles. The first-order chi connectivity index (χ1) is 7.33. The van der Waals surface area contributed by atoms with Crippen LogP contribution in [0.5, 0.6) is 0 Å². The first-order valence-electron chi connectivity index (χ1n) is 5.50. The maximum Gasteiger partial charge on any atom is 0.0443 e. The Hall–Kier alpha value is -1.28. The van der Waals surface area contributed by atoms with Crippen molar-refractivity contribution in [1.29, 1.82) is 0 Å². The highest BCUT2D eigenvalue weighted by Crippen LogP contribution is 2.24. The third-order valence-corrected chi connectivity index (χ3v) is 2.96. The van der Waals surface area contributed by atoms with Gasteiger partial charge in [-0.1, -0.05) is 24.8 Å². The lowest BCUT2D eigenvalue weighted by molar-refractivity contribution is 0.589. The van der Waals surface area contributed by atoms with Gasteiger partial charge in [0.2, 0.25) is 0 Å². The SMILES string of the molecule is C=Cc1c(C)cccc1N1CCNCC1. The molecule has 0 saturated carbocycles. The second-order valence-corrected chi connectivity index (χ2v) is 3.95. The minimum atomic E-state index is 1.07. The number of benzene rings is 1. The van der Waals surface area contributed by atoms with Gasteiger partial charge in [0.05, 0.1) is 0 Å². The van der Waals surface area contributed by atoms with Gasteiger partial charge in [-0.2, -0.15) is 0 Å². The summed E-state index contributed by atoms with van der Waals surface area (Å²) in [6.07, 6.45) is 1.96. The Morgan fingerprint density at radius 1 is 1.33 bits per heavy atom. The zero-order chi connectivity index (χ0) is 10.7. The van der Waals surface area contributed by atoms with Crippen LogP contribution in [0, 0.1) is 6.92 Å². The third kappa shape index (κ3) is 2.05. The van der Waals surface area contributed by atoms with E-state index in [1.165, 1.54) is 16.8 Å². The zero-order valence-electron chi connectivity index (χ0n) is 9.29. The topological polar surface area (TPSA) is 15.3 Å². The summed E-state index contributed by atoms with van der Waals surface area (Å²) in [5.41, 5.74) is 3.91. The van der Waals surface area contributed by atoms with Crippen LogP contribution in [0.25, 0.3) is 6.08 Å². The van der Waals surface area contributed by atoms with E-state index in [2.05, 4.69) is 41.9 Å². The molecule has 0 unspecified atom stereocenters. The van der Waals surface area contributed by atoms with E-state index in [0.29, 0.717) is 0 Å². The van der Waals surface area contributed by atoms with Crippen molar-refractivity contribution in [3.8, 4) is 0 Å². The summed E-state index contributed by atoms with van der Waals surface area (Å²) in [5.74, 6) is 0. The number of hydrogen-bond donors (Lipinski definition) is 1. The van der Waals surface area contributed by atoms with E-state index >= 15 is 0 Å². The van der Waals surface area contributed by atoms with E-state index < -0.39 is 0 Å². The summed E-state index contributed by atoms with van der Waals surface area (Å²) in [6.45, 7) is 10.4. The molecule has 0 aliphatic carbocycles. The van der Waals surface area contributed by atoms with Gasteiger partial charge in [-0.25, -0.2) is 0 Å². The Kier molecular flexibility index (Phi) is 3.07. The molecular formula is C13H18N2. The van der Waals surface area contributed by atoms with Crippen LogP contribution in [0.15, 0.2) is 24.8 Å². The van der Waals surface area contributed by atoms with Crippen LogP contribution in [0.3, 0.4) is 0 Å². The Morgan fingerprint density at radius 2 is 2.07 bits per heavy atom. The Labute approximate surface area is 91.6 Å². The fraction of sp³-hybridized carbons (Fsp3) is 0.385. The first kappa shape index (κ1) is 10.2. The van der Waals surface area contributed by atoms with Gasteiger partial charge in [-0.15, -0.1) is 0 Å². The largest absolute Gasteiger partial charge is 0.368 e. The minimum absolute atomic E-state index is 1.07. The van der Waals surface area contributed by atoms with Gasteiger partial charge in [-0.3, -0.25) is 0 Å². The molecule has 0 radical (unpaired) electrons. The molecule has 1 aliphatic rings. The predicted molar refractivity (Wildman–Crippen MR) is 66.4 cm³/mol. The minimum Gasteiger partial charge on any atom is -0.368 e. The number of hydrogen-bond acceptors (Lipinski definition) is 2. The molecule has 2 heteroatoms. The molecule has 0 bridgehead atoms. The summed E-state index contributed by atoms with van der Waals surface area (Å²) in [5, 5.41) is 3.37. The second-order valence-electron chi connectivity index (χ2n) is 3.95. The monoisotopic (exact) mass is 202 g/mol. The van der Waals surface area contributed by atoms with Crippen molar-refractivity contribution in [1.82, 2.24) is 5.32 Å². The lowest BCUT2D eigenvalue weighted by Gasteiger charge is -2.31. The molecule has 1 aromatic rings. The lowest BCUT2D eigenvalue weighted by Crippen LogP contribution is -2.43. The van der Waals surface area contributed by atoms with E-state index in [1.807, 2.05) is 6.08 Å². The molecule has 15 heavy (non-hydrogen) atoms. The fourth-order valence-corrected chi connectivity index (χ4v) is 2.11. The highest BCUT2D eigenvalue weighted by molar-refractivity contribution is 5.69. The van der Waals surface area contributed by atoms with E-state index in [0.717, 1.165) is 26.2 Å². The highest BCUT2D eigenvalue weighted by atomic mass is 15.2. The molecule has 2 nitrogen and oxygen atoms in total. The molecule has 1 heterocycles. The molecule has 1 aromatic carbocycles. The normalized spacial score (nSPS) is 16.5. The summed E-state index contributed by atoms with van der Waals surface area (Å²) < 4.78 is 0. The molecule has 1 fully saturated rings. The zero-order valence-corrected chi connectivity index (χ0v) is 9.29. The standard InChI is InChI=1S/C13H18N2/c1-3-12-11(2)5-4-6-13(12)15-9-7-14-8-10-15/h3-6,14H,1,7-10H2,2H3. The fourth-order valence-electron chi connectivity index (χ4n) is 2.11. The van der Waals surface area contributed by atoms with Gasteiger partial charge in [-0.05, 0) is 18.6 Å². The Balaban J connectivity index is 2.33. The molecule has 2 rings (SSSR count). The van der Waals surface area contributed by atoms with Crippen molar-refractivity contribution in [2.45, 2.75) is 6.92 Å². The molecular weight excluding hydrogens is 184 g/mol. The molecule has 1 aliphatic heterocycles. The lowest BCUT2D eigenvalue weighted by atomic mass is 10.1. The van der Waals surface area contributed by atoms with E-state index in [-0.39, 0.29) is 0 Å². The molecule has 0 aromatic heterocycles. The highest BCUT2D eigenvalue weighted by Gasteiger charge is 2.13. The van der Waals surface area contributed by atoms with Crippen molar-refractivity contribution in [2.75, 3.05) is 31.1 Å². The van der Waals surface area contributed by atoms with Gasteiger partial charge in [0.15, 0.2) is 0 Å². The van der Waals surface area contributed by atoms with Gasteiger partial charge >= 0.3 is 0 Å². The van der Waals surface area contributed by atoms with Gasteiger partial charge < -0.3 is 10.2 Å². The Bertz CT molecular complexity index is 352. The maximum atomic E-state index is 3.90. The van der Waals surface area contributed by atoms with Crippen molar-refractivity contribution in [3.05, 3.63) is 35.9 Å². The van der Waals surface area contributed by atoms with Crippen molar-refractivity contribution in [2.24, 2.45) is 0 Å². The summed E-state index contributed by atoms with van der Waals surface area (Å²) >= 11 is 0. The van der Waals surface area contributed by atoms with Crippen LogP contribution in [0.2, 0.25) is 0 Å². The van der Waals surface area contributed by atoms with Crippen LogP contribution in [0.4, 0.5) is 5.69 Å². The van der Waals surface area contributed by atoms with Crippen LogP contribution in [-0.2, 0) is 0 Å². The maximum absolute atomic E-state index is 3.90. The van der Waals surface area contributed by atoms with Crippen LogP contribution >= 0.6 is 0 Å². The molecule has 1 N–H and O–H groups in total. The van der Waals surface area contributed by atoms with Crippen molar-refractivity contribution in [3.63, 3.8) is 0 Å². The average Bonchev–Trinajstić information content (AvgIpc) is 2.30. The number of piperazine rings is 1. The Morgan fingerprint density at radius 3 is 2.73 bits per heavy atom. The number of nitrogens with one attached hydrogen (secondary N) is 1. The summed E-state index contributed by atoms with van der Waals surface area (Å²) in [6, 6.07) is 6.46. The van der Waals surface area contributed by atoms with Crippen molar-refractivity contribution < 1.29 is 0 Å². The van der Waals surface area contributed by atoms with Crippen LogP contribution in [-0.4, -0.2) is 26.2 Å². The van der Waals surface area contributed by atoms with Crippen molar-refractivity contribution >= 4 is 11.8 Å². The molecule has 0 amide bonds. The van der Waals surface area contributed by atoms with Gasteiger partial charge in [0.1, 0.15) is 0 Å². The number of rotatable bonds is 2. The quantitative estimate of drug-likeness (QED) is 0.789.